The Morgan fingerprint density at radius 2 is 2.27 bits per heavy atom. The van der Waals surface area contributed by atoms with Gasteiger partial charge in [-0.15, -0.1) is 0 Å². The molecule has 1 amide bonds. The Kier molecular flexibility index (Phi) is 4.28. The molecule has 1 aliphatic carbocycles. The van der Waals surface area contributed by atoms with E-state index in [1.165, 1.54) is 11.3 Å². The first-order chi connectivity index (χ1) is 10.5. The first-order valence-electron chi connectivity index (χ1n) is 7.56. The summed E-state index contributed by atoms with van der Waals surface area (Å²) in [6.07, 6.45) is 3.67. The smallest absolute Gasteiger partial charge is 0.255 e. The van der Waals surface area contributed by atoms with E-state index in [-0.39, 0.29) is 31.5 Å². The highest BCUT2D eigenvalue weighted by molar-refractivity contribution is 6.34. The Bertz CT molecular complexity index is 579. The monoisotopic (exact) mass is 327 g/mol. The summed E-state index contributed by atoms with van der Waals surface area (Å²) in [4.78, 5) is 13.8. The van der Waals surface area contributed by atoms with Gasteiger partial charge in [0.05, 0.1) is 29.8 Å². The van der Waals surface area contributed by atoms with Gasteiger partial charge in [-0.05, 0) is 37.5 Å². The standard InChI is InChI=1S/C16H19ClFNO3/c17-14-8-12(22-11-2-1-3-11)4-5-13(14)15(21)19-7-6-16(18,9-19)10-20/h4-5,8,11,20H,1-3,6-7,9-10H2/t16-/m0/s1. The van der Waals surface area contributed by atoms with Crippen LogP contribution in [0.4, 0.5) is 4.39 Å². The summed E-state index contributed by atoms with van der Waals surface area (Å²) in [5, 5.41) is 9.35. The van der Waals surface area contributed by atoms with Crippen LogP contribution in [0.2, 0.25) is 5.02 Å². The first-order valence-corrected chi connectivity index (χ1v) is 7.94. The second-order valence-corrected chi connectivity index (χ2v) is 6.51. The molecule has 0 radical (unpaired) electrons. The Morgan fingerprint density at radius 1 is 1.50 bits per heavy atom. The molecular weight excluding hydrogens is 309 g/mol. The number of alkyl halides is 1. The number of aliphatic hydroxyl groups is 1. The molecule has 2 aliphatic rings. The molecule has 3 rings (SSSR count). The van der Waals surface area contributed by atoms with Gasteiger partial charge in [0.15, 0.2) is 5.67 Å². The number of hydrogen-bond donors (Lipinski definition) is 1. The zero-order valence-electron chi connectivity index (χ0n) is 12.2. The molecule has 1 atom stereocenters. The minimum absolute atomic E-state index is 0.0982. The maximum absolute atomic E-state index is 14.0. The zero-order chi connectivity index (χ0) is 15.7. The molecule has 1 heterocycles. The number of benzene rings is 1. The molecule has 1 N–H and O–H groups in total. The van der Waals surface area contributed by atoms with Gasteiger partial charge in [0, 0.05) is 13.0 Å². The van der Waals surface area contributed by atoms with Crippen molar-refractivity contribution < 1.29 is 19.0 Å². The van der Waals surface area contributed by atoms with E-state index in [1.807, 2.05) is 0 Å². The van der Waals surface area contributed by atoms with Crippen LogP contribution >= 0.6 is 11.6 Å². The van der Waals surface area contributed by atoms with Gasteiger partial charge in [-0.2, -0.15) is 0 Å². The summed E-state index contributed by atoms with van der Waals surface area (Å²) in [7, 11) is 0. The largest absolute Gasteiger partial charge is 0.490 e. The fourth-order valence-electron chi connectivity index (χ4n) is 2.73. The minimum atomic E-state index is -1.70. The highest BCUT2D eigenvalue weighted by atomic mass is 35.5. The van der Waals surface area contributed by atoms with E-state index in [0.29, 0.717) is 16.3 Å². The van der Waals surface area contributed by atoms with Gasteiger partial charge < -0.3 is 14.7 Å². The lowest BCUT2D eigenvalue weighted by Gasteiger charge is -2.26. The van der Waals surface area contributed by atoms with Crippen LogP contribution < -0.4 is 4.74 Å². The van der Waals surface area contributed by atoms with Crippen LogP contribution in [0, 0.1) is 0 Å². The Morgan fingerprint density at radius 3 is 2.82 bits per heavy atom. The Balaban J connectivity index is 1.70. The number of rotatable bonds is 4. The summed E-state index contributed by atoms with van der Waals surface area (Å²) < 4.78 is 19.8. The van der Waals surface area contributed by atoms with Crippen LogP contribution in [-0.2, 0) is 0 Å². The SMILES string of the molecule is O=C(c1ccc(OC2CCC2)cc1Cl)N1CC[C@@](F)(CO)C1. The number of hydrogen-bond acceptors (Lipinski definition) is 3. The third-order valence-electron chi connectivity index (χ3n) is 4.40. The fraction of sp³-hybridized carbons (Fsp3) is 0.562. The third-order valence-corrected chi connectivity index (χ3v) is 4.71. The molecule has 1 aromatic carbocycles. The molecular formula is C16H19ClFNO3. The normalized spacial score (nSPS) is 25.1. The van der Waals surface area contributed by atoms with Gasteiger partial charge in [-0.3, -0.25) is 4.79 Å². The van der Waals surface area contributed by atoms with Crippen LogP contribution in [0.3, 0.4) is 0 Å². The summed E-state index contributed by atoms with van der Waals surface area (Å²) >= 11 is 6.18. The average Bonchev–Trinajstić information content (AvgIpc) is 2.86. The molecule has 1 aromatic rings. The molecule has 2 fully saturated rings. The number of amides is 1. The molecule has 22 heavy (non-hydrogen) atoms. The maximum Gasteiger partial charge on any atom is 0.255 e. The molecule has 6 heteroatoms. The number of halogens is 2. The number of ether oxygens (including phenoxy) is 1. The third kappa shape index (κ3) is 3.06. The second kappa shape index (κ2) is 6.05. The van der Waals surface area contributed by atoms with E-state index < -0.39 is 12.3 Å². The van der Waals surface area contributed by atoms with Crippen LogP contribution in [0.15, 0.2) is 18.2 Å². The van der Waals surface area contributed by atoms with E-state index in [1.54, 1.807) is 18.2 Å². The van der Waals surface area contributed by atoms with Crippen LogP contribution in [-0.4, -0.2) is 47.4 Å². The number of nitrogens with zero attached hydrogens (tertiary/aromatic N) is 1. The molecule has 1 saturated carbocycles. The molecule has 0 aromatic heterocycles. The van der Waals surface area contributed by atoms with Crippen molar-refractivity contribution in [1.29, 1.82) is 0 Å². The van der Waals surface area contributed by atoms with E-state index >= 15 is 0 Å². The van der Waals surface area contributed by atoms with E-state index in [4.69, 9.17) is 21.4 Å². The lowest BCUT2D eigenvalue weighted by Crippen LogP contribution is -2.35. The number of carbonyl (C=O) groups excluding carboxylic acids is 1. The van der Waals surface area contributed by atoms with Gasteiger partial charge >= 0.3 is 0 Å². The first kappa shape index (κ1) is 15.6. The van der Waals surface area contributed by atoms with Crippen molar-refractivity contribution in [1.82, 2.24) is 4.90 Å². The van der Waals surface area contributed by atoms with E-state index in [2.05, 4.69) is 0 Å². The van der Waals surface area contributed by atoms with Crippen molar-refractivity contribution in [2.24, 2.45) is 0 Å². The zero-order valence-corrected chi connectivity index (χ0v) is 13.0. The van der Waals surface area contributed by atoms with E-state index in [0.717, 1.165) is 12.8 Å². The average molecular weight is 328 g/mol. The molecule has 0 unspecified atom stereocenters. The molecule has 0 spiro atoms. The number of likely N-dealkylation sites (tertiary alicyclic amines) is 1. The van der Waals surface area contributed by atoms with Crippen molar-refractivity contribution in [3.05, 3.63) is 28.8 Å². The summed E-state index contributed by atoms with van der Waals surface area (Å²) in [6.45, 7) is -0.385. The predicted molar refractivity (Wildman–Crippen MR) is 81.2 cm³/mol. The van der Waals surface area contributed by atoms with Gasteiger partial charge in [0.25, 0.3) is 5.91 Å². The molecule has 1 saturated heterocycles. The van der Waals surface area contributed by atoms with Crippen molar-refractivity contribution in [3.8, 4) is 5.75 Å². The van der Waals surface area contributed by atoms with Gasteiger partial charge in [-0.1, -0.05) is 11.6 Å². The fourth-order valence-corrected chi connectivity index (χ4v) is 2.98. The van der Waals surface area contributed by atoms with Gasteiger partial charge in [0.1, 0.15) is 5.75 Å². The van der Waals surface area contributed by atoms with Crippen molar-refractivity contribution in [3.63, 3.8) is 0 Å². The van der Waals surface area contributed by atoms with Crippen molar-refractivity contribution >= 4 is 17.5 Å². The quantitative estimate of drug-likeness (QED) is 0.925. The molecule has 4 nitrogen and oxygen atoms in total. The lowest BCUT2D eigenvalue weighted by atomic mass is 9.96. The maximum atomic E-state index is 14.0. The minimum Gasteiger partial charge on any atom is -0.490 e. The van der Waals surface area contributed by atoms with Crippen LogP contribution in [0.5, 0.6) is 5.75 Å². The Labute approximate surface area is 133 Å². The summed E-state index contributed by atoms with van der Waals surface area (Å²) in [5.41, 5.74) is -1.36. The lowest BCUT2D eigenvalue weighted by molar-refractivity contribution is 0.0631. The molecule has 0 bridgehead atoms. The van der Waals surface area contributed by atoms with Crippen LogP contribution in [0.25, 0.3) is 0 Å². The topological polar surface area (TPSA) is 49.8 Å². The number of carbonyl (C=O) groups is 1. The van der Waals surface area contributed by atoms with Crippen molar-refractivity contribution in [2.45, 2.75) is 37.5 Å². The predicted octanol–water partition coefficient (Wildman–Crippen LogP) is 2.82. The van der Waals surface area contributed by atoms with E-state index in [9.17, 15) is 9.18 Å². The highest BCUT2D eigenvalue weighted by Crippen LogP contribution is 2.31. The van der Waals surface area contributed by atoms with Gasteiger partial charge in [-0.25, -0.2) is 4.39 Å². The molecule has 120 valence electrons. The molecule has 1 aliphatic heterocycles. The summed E-state index contributed by atoms with van der Waals surface area (Å²) in [6, 6.07) is 4.98. The van der Waals surface area contributed by atoms with Crippen LogP contribution in [0.1, 0.15) is 36.0 Å². The number of aliphatic hydroxyl groups excluding tert-OH is 1. The van der Waals surface area contributed by atoms with Crippen molar-refractivity contribution in [2.75, 3.05) is 19.7 Å². The summed E-state index contributed by atoms with van der Waals surface area (Å²) in [5.74, 6) is 0.344. The second-order valence-electron chi connectivity index (χ2n) is 6.10. The Hall–Kier alpha value is -1.33. The highest BCUT2D eigenvalue weighted by Gasteiger charge is 2.40. The van der Waals surface area contributed by atoms with Gasteiger partial charge in [0.2, 0.25) is 0 Å².